The summed E-state index contributed by atoms with van der Waals surface area (Å²) in [5.74, 6) is 0.688. The average molecular weight is 994 g/mol. The van der Waals surface area contributed by atoms with E-state index in [1.54, 1.807) is 17.9 Å². The second kappa shape index (κ2) is 20.3. The van der Waals surface area contributed by atoms with Gasteiger partial charge in [-0.1, -0.05) is 59.7 Å². The molecule has 0 spiro atoms. The highest BCUT2D eigenvalue weighted by molar-refractivity contribution is 6.36. The number of nitrogens with zero attached hydrogens (tertiary/aromatic N) is 12. The van der Waals surface area contributed by atoms with Crippen molar-refractivity contribution in [3.63, 3.8) is 0 Å². The van der Waals surface area contributed by atoms with Crippen molar-refractivity contribution in [3.05, 3.63) is 113 Å². The van der Waals surface area contributed by atoms with E-state index in [1.807, 2.05) is 54.4 Å². The van der Waals surface area contributed by atoms with E-state index in [2.05, 4.69) is 60.6 Å². The summed E-state index contributed by atoms with van der Waals surface area (Å²) in [6, 6.07) is 24.2. The van der Waals surface area contributed by atoms with Crippen LogP contribution >= 0.6 is 11.6 Å². The van der Waals surface area contributed by atoms with Gasteiger partial charge in [0.2, 0.25) is 11.8 Å². The van der Waals surface area contributed by atoms with E-state index in [9.17, 15) is 30.2 Å². The van der Waals surface area contributed by atoms with Gasteiger partial charge in [-0.05, 0) is 86.2 Å². The van der Waals surface area contributed by atoms with Crippen LogP contribution in [-0.2, 0) is 29.1 Å². The van der Waals surface area contributed by atoms with Gasteiger partial charge in [-0.3, -0.25) is 19.4 Å². The van der Waals surface area contributed by atoms with Crippen LogP contribution in [0.15, 0.2) is 85.5 Å². The number of hydrogen-bond donors (Lipinski definition) is 3. The fraction of sp³-hybridized carbons (Fsp3) is 0.377. The van der Waals surface area contributed by atoms with Crippen LogP contribution < -0.4 is 14.5 Å². The Morgan fingerprint density at radius 3 is 2.44 bits per heavy atom. The van der Waals surface area contributed by atoms with Crippen molar-refractivity contribution in [2.45, 2.75) is 63.8 Å². The summed E-state index contributed by atoms with van der Waals surface area (Å²) < 4.78 is 7.97. The molecule has 0 bridgehead atoms. The number of carbonyl (C=O) groups excluding carboxylic acids is 2. The van der Waals surface area contributed by atoms with Crippen LogP contribution in [0.5, 0.6) is 23.5 Å². The molecule has 3 atom stereocenters. The Bertz CT molecular complexity index is 3080. The van der Waals surface area contributed by atoms with Crippen LogP contribution in [0, 0.1) is 18.3 Å². The van der Waals surface area contributed by atoms with Crippen LogP contribution in [0.1, 0.15) is 41.6 Å². The topological polar surface area (TPSA) is 204 Å². The third-order valence-electron chi connectivity index (χ3n) is 14.8. The maximum Gasteiger partial charge on any atom is 0.319 e. The predicted molar refractivity (Wildman–Crippen MR) is 272 cm³/mol. The van der Waals surface area contributed by atoms with Gasteiger partial charge >= 0.3 is 12.0 Å². The van der Waals surface area contributed by atoms with Crippen molar-refractivity contribution in [1.82, 2.24) is 44.3 Å². The first-order valence-electron chi connectivity index (χ1n) is 24.4. The number of phenols is 2. The van der Waals surface area contributed by atoms with Gasteiger partial charge in [0.05, 0.1) is 53.1 Å². The lowest BCUT2D eigenvalue weighted by molar-refractivity contribution is -0.138. The summed E-state index contributed by atoms with van der Waals surface area (Å²) in [5, 5.41) is 51.6. The Kier molecular flexibility index (Phi) is 13.6. The monoisotopic (exact) mass is 992 g/mol. The molecular formula is C53H57ClN12O6. The van der Waals surface area contributed by atoms with Gasteiger partial charge in [0.15, 0.2) is 5.82 Å². The van der Waals surface area contributed by atoms with Gasteiger partial charge in [0.25, 0.3) is 0 Å². The summed E-state index contributed by atoms with van der Waals surface area (Å²) in [4.78, 5) is 49.7. The molecule has 6 aromatic rings. The fourth-order valence-electron chi connectivity index (χ4n) is 10.8. The number of amides is 2. The summed E-state index contributed by atoms with van der Waals surface area (Å²) in [5.41, 5.74) is 5.43. The van der Waals surface area contributed by atoms with Crippen LogP contribution in [0.4, 0.5) is 11.5 Å². The normalized spacial score (nSPS) is 19.6. The Morgan fingerprint density at radius 1 is 0.903 bits per heavy atom. The molecule has 0 radical (unpaired) electrons. The zero-order valence-electron chi connectivity index (χ0n) is 40.4. The number of aromatic hydroxyl groups is 3. The smallest absolute Gasteiger partial charge is 0.319 e. The minimum Gasteiger partial charge on any atom is -0.508 e. The van der Waals surface area contributed by atoms with Crippen molar-refractivity contribution in [1.29, 1.82) is 5.26 Å². The highest BCUT2D eigenvalue weighted by Gasteiger charge is 2.39. The number of aryl methyl sites for hydroxylation is 1. The van der Waals surface area contributed by atoms with Crippen molar-refractivity contribution < 1.29 is 29.6 Å². The summed E-state index contributed by atoms with van der Waals surface area (Å²) in [7, 11) is 1.99. The molecule has 0 saturated carbocycles. The molecule has 18 nitrogen and oxygen atoms in total. The van der Waals surface area contributed by atoms with Gasteiger partial charge in [-0.2, -0.15) is 15.2 Å². The number of anilines is 2. The number of likely N-dealkylation sites (tertiary alicyclic amines) is 1. The zero-order chi connectivity index (χ0) is 50.2. The minimum absolute atomic E-state index is 0.0407. The Balaban J connectivity index is 0.786. The number of likely N-dealkylation sites (N-methyl/N-ethyl adjacent to an activating group) is 1. The lowest BCUT2D eigenvalue weighted by Gasteiger charge is -2.42. The number of ether oxygens (including phenoxy) is 1. The SMILES string of the molecule is C=CC(=O)N1CCN(c2nc(OC[C@@H]3CC[C@H](C(=O)N4CCN(Cc5ccc(-n6c(O)nnc6-c6cc(C)c(O)cc6O)cc5)CC4)N3C)nc3c2CCN(c2cccc4cccc(Cl)c24)C3)C[C@@H]1CC#N. The number of phenolic OH excluding ortho intramolecular Hbond substituents is 2. The van der Waals surface area contributed by atoms with Gasteiger partial charge in [-0.15, -0.1) is 5.10 Å². The molecule has 19 heteroatoms. The summed E-state index contributed by atoms with van der Waals surface area (Å²) >= 11 is 6.80. The van der Waals surface area contributed by atoms with Crippen LogP contribution in [-0.4, -0.2) is 156 Å². The maximum absolute atomic E-state index is 14.1. The van der Waals surface area contributed by atoms with Gasteiger partial charge < -0.3 is 39.7 Å². The molecule has 3 N–H and O–H groups in total. The molecule has 4 aliphatic rings. The number of nitriles is 1. The molecule has 372 valence electrons. The third-order valence-corrected chi connectivity index (χ3v) is 15.1. The van der Waals surface area contributed by atoms with Crippen molar-refractivity contribution in [2.75, 3.05) is 75.8 Å². The maximum atomic E-state index is 14.1. The summed E-state index contributed by atoms with van der Waals surface area (Å²) in [6.07, 6.45) is 3.64. The van der Waals surface area contributed by atoms with Crippen LogP contribution in [0.25, 0.3) is 27.8 Å². The third kappa shape index (κ3) is 9.42. The van der Waals surface area contributed by atoms with Gasteiger partial charge in [0.1, 0.15) is 23.9 Å². The molecule has 10 rings (SSSR count). The molecule has 4 aliphatic heterocycles. The number of carbonyl (C=O) groups is 2. The standard InChI is InChI=1S/C53H57ClN12O6/c1-4-47(69)65-26-25-64(30-37(65)17-19-55)49-39-18-20-63(43-10-6-8-35-7-5-9-41(54)48(35)43)31-42(39)56-52(57-49)72-32-38-15-16-44(60(38)3)51(70)62-23-21-61(22-24-62)29-34-11-13-36(14-12-34)66-50(58-59-53(66)71)40-27-33(2)45(67)28-46(40)68/h4-14,27-28,37-38,44,67-68H,1,15-18,20-26,29-32H2,2-3H3,(H,59,71)/t37-,38-,44+/m0/s1. The zero-order valence-corrected chi connectivity index (χ0v) is 41.1. The lowest BCUT2D eigenvalue weighted by atomic mass is 10.0. The number of piperazine rings is 2. The van der Waals surface area contributed by atoms with Crippen molar-refractivity contribution >= 4 is 45.7 Å². The number of fused-ring (bicyclic) bond motifs is 2. The number of hydrogen-bond acceptors (Lipinski definition) is 15. The second-order valence-corrected chi connectivity index (χ2v) is 19.5. The van der Waals surface area contributed by atoms with E-state index in [0.717, 1.165) is 45.5 Å². The van der Waals surface area contributed by atoms with Crippen molar-refractivity contribution in [3.8, 4) is 46.7 Å². The Hall–Kier alpha value is -7.46. The highest BCUT2D eigenvalue weighted by Crippen LogP contribution is 2.39. The van der Waals surface area contributed by atoms with Gasteiger partial charge in [-0.25, -0.2) is 4.57 Å². The molecule has 0 unspecified atom stereocenters. The number of rotatable bonds is 12. The van der Waals surface area contributed by atoms with E-state index < -0.39 is 0 Å². The van der Waals surface area contributed by atoms with Crippen LogP contribution in [0.2, 0.25) is 5.02 Å². The molecule has 3 fully saturated rings. The minimum atomic E-state index is -0.331. The molecule has 2 aromatic heterocycles. The first-order chi connectivity index (χ1) is 34.9. The fourth-order valence-corrected chi connectivity index (χ4v) is 11.1. The first kappa shape index (κ1) is 48.2. The number of halogens is 1. The van der Waals surface area contributed by atoms with E-state index in [-0.39, 0.29) is 65.7 Å². The van der Waals surface area contributed by atoms with E-state index in [4.69, 9.17) is 26.3 Å². The molecular weight excluding hydrogens is 936 g/mol. The largest absolute Gasteiger partial charge is 0.508 e. The molecule has 0 aliphatic carbocycles. The molecule has 72 heavy (non-hydrogen) atoms. The average Bonchev–Trinajstić information content (AvgIpc) is 3.97. The predicted octanol–water partition coefficient (Wildman–Crippen LogP) is 5.82. The molecule has 3 saturated heterocycles. The second-order valence-electron chi connectivity index (χ2n) is 19.0. The molecule has 2 amide bonds. The Labute approximate surface area is 422 Å². The highest BCUT2D eigenvalue weighted by atomic mass is 35.5. The molecule has 6 heterocycles. The van der Waals surface area contributed by atoms with E-state index in [1.165, 1.54) is 16.7 Å². The quantitative estimate of drug-likeness (QED) is 0.124. The van der Waals surface area contributed by atoms with Gasteiger partial charge in [0, 0.05) is 87.6 Å². The van der Waals surface area contributed by atoms with Crippen molar-refractivity contribution in [2.24, 2.45) is 0 Å². The van der Waals surface area contributed by atoms with Crippen LogP contribution in [0.3, 0.4) is 0 Å². The lowest BCUT2D eigenvalue weighted by Crippen LogP contribution is -2.55. The Morgan fingerprint density at radius 2 is 1.68 bits per heavy atom. The number of aromatic nitrogens is 5. The molecule has 4 aromatic carbocycles. The first-order valence-corrected chi connectivity index (χ1v) is 24.8. The summed E-state index contributed by atoms with van der Waals surface area (Å²) in [6.45, 7) is 11.6. The number of benzene rings is 4. The van der Waals surface area contributed by atoms with E-state index >= 15 is 0 Å². The van der Waals surface area contributed by atoms with E-state index in [0.29, 0.717) is 107 Å².